The summed E-state index contributed by atoms with van der Waals surface area (Å²) in [5.41, 5.74) is 0.905. The molecule has 31 heavy (non-hydrogen) atoms. The van der Waals surface area contributed by atoms with E-state index in [1.54, 1.807) is 30.3 Å². The second-order valence-electron chi connectivity index (χ2n) is 7.67. The minimum absolute atomic E-state index is 0.126. The Hall–Kier alpha value is -3.13. The summed E-state index contributed by atoms with van der Waals surface area (Å²) in [6.07, 6.45) is -1.56. The standard InChI is InChI=1S/C23H22F3N3O2/c1-29-12-9-16(10-13-29)31-22(30)18-4-2-3-5-19(18)28-20-8-11-27-21-14-15(23(24,25)26)6-7-17(20)21/h2-8,11,14,16H,9-10,12-13H2,1H3,(H,27,28). The SMILES string of the molecule is CN1CCC(OC(=O)c2ccccc2Nc2ccnc3cc(C(F)(F)F)ccc23)CC1. The highest BCUT2D eigenvalue weighted by molar-refractivity contribution is 5.99. The molecule has 2 heterocycles. The van der Waals surface area contributed by atoms with Crippen LogP contribution in [0.3, 0.4) is 0 Å². The number of pyridine rings is 1. The van der Waals surface area contributed by atoms with Gasteiger partial charge in [0.05, 0.1) is 22.3 Å². The van der Waals surface area contributed by atoms with Gasteiger partial charge >= 0.3 is 12.1 Å². The van der Waals surface area contributed by atoms with Gasteiger partial charge in [-0.05, 0) is 50.2 Å². The van der Waals surface area contributed by atoms with Gasteiger partial charge in [0.1, 0.15) is 6.10 Å². The van der Waals surface area contributed by atoms with E-state index in [-0.39, 0.29) is 11.6 Å². The van der Waals surface area contributed by atoms with Gasteiger partial charge in [-0.3, -0.25) is 4.98 Å². The lowest BCUT2D eigenvalue weighted by Gasteiger charge is -2.28. The lowest BCUT2D eigenvalue weighted by molar-refractivity contribution is -0.137. The molecule has 1 aromatic heterocycles. The monoisotopic (exact) mass is 429 g/mol. The third kappa shape index (κ3) is 4.80. The third-order valence-electron chi connectivity index (χ3n) is 5.43. The number of para-hydroxylation sites is 1. The van der Waals surface area contributed by atoms with Crippen LogP contribution in [-0.2, 0) is 10.9 Å². The number of carbonyl (C=O) groups is 1. The Kier molecular flexibility index (Phi) is 5.82. The van der Waals surface area contributed by atoms with Crippen molar-refractivity contribution < 1.29 is 22.7 Å². The van der Waals surface area contributed by atoms with Crippen molar-refractivity contribution in [1.29, 1.82) is 0 Å². The molecule has 0 atom stereocenters. The van der Waals surface area contributed by atoms with E-state index in [9.17, 15) is 18.0 Å². The maximum atomic E-state index is 13.0. The van der Waals surface area contributed by atoms with E-state index in [0.29, 0.717) is 22.3 Å². The van der Waals surface area contributed by atoms with Gasteiger partial charge in [0.2, 0.25) is 0 Å². The van der Waals surface area contributed by atoms with Crippen LogP contribution in [0.15, 0.2) is 54.7 Å². The summed E-state index contributed by atoms with van der Waals surface area (Å²) in [5, 5.41) is 3.69. The van der Waals surface area contributed by atoms with Gasteiger partial charge in [-0.2, -0.15) is 13.2 Å². The number of likely N-dealkylation sites (tertiary alicyclic amines) is 1. The van der Waals surface area contributed by atoms with E-state index in [1.165, 1.54) is 12.3 Å². The summed E-state index contributed by atoms with van der Waals surface area (Å²) in [6, 6.07) is 12.0. The van der Waals surface area contributed by atoms with Crippen LogP contribution in [0.5, 0.6) is 0 Å². The first-order valence-corrected chi connectivity index (χ1v) is 10.0. The number of fused-ring (bicyclic) bond motifs is 1. The van der Waals surface area contributed by atoms with Gasteiger partial charge in [-0.25, -0.2) is 4.79 Å². The minimum Gasteiger partial charge on any atom is -0.459 e. The van der Waals surface area contributed by atoms with E-state index in [4.69, 9.17) is 4.74 Å². The Morgan fingerprint density at radius 1 is 1.10 bits per heavy atom. The summed E-state index contributed by atoms with van der Waals surface area (Å²) in [5.74, 6) is -0.421. The van der Waals surface area contributed by atoms with Crippen LogP contribution in [0.2, 0.25) is 0 Å². The Bertz CT molecular complexity index is 1090. The molecule has 0 saturated carbocycles. The maximum Gasteiger partial charge on any atom is 0.416 e. The minimum atomic E-state index is -4.44. The number of nitrogens with one attached hydrogen (secondary N) is 1. The number of alkyl halides is 3. The normalized spacial score (nSPS) is 15.7. The first-order valence-electron chi connectivity index (χ1n) is 10.0. The first-order chi connectivity index (χ1) is 14.8. The van der Waals surface area contributed by atoms with E-state index in [0.717, 1.165) is 38.1 Å². The lowest BCUT2D eigenvalue weighted by atomic mass is 10.1. The van der Waals surface area contributed by atoms with Gasteiger partial charge in [-0.15, -0.1) is 0 Å². The highest BCUT2D eigenvalue weighted by Crippen LogP contribution is 2.34. The molecule has 0 bridgehead atoms. The van der Waals surface area contributed by atoms with Crippen LogP contribution < -0.4 is 5.32 Å². The molecule has 4 rings (SSSR count). The number of ether oxygens (including phenoxy) is 1. The second kappa shape index (κ2) is 8.55. The average molecular weight is 429 g/mol. The van der Waals surface area contributed by atoms with Gasteiger partial charge < -0.3 is 15.0 Å². The largest absolute Gasteiger partial charge is 0.459 e. The number of esters is 1. The molecular formula is C23H22F3N3O2. The molecule has 1 fully saturated rings. The zero-order valence-electron chi connectivity index (χ0n) is 16.9. The number of nitrogens with zero attached hydrogens (tertiary/aromatic N) is 2. The molecule has 0 spiro atoms. The number of hydrogen-bond acceptors (Lipinski definition) is 5. The van der Waals surface area contributed by atoms with Crippen LogP contribution in [-0.4, -0.2) is 42.1 Å². The highest BCUT2D eigenvalue weighted by atomic mass is 19.4. The molecule has 1 N–H and O–H groups in total. The summed E-state index contributed by atoms with van der Waals surface area (Å²) >= 11 is 0. The predicted octanol–water partition coefficient (Wildman–Crippen LogP) is 5.25. The molecule has 0 amide bonds. The van der Waals surface area contributed by atoms with E-state index >= 15 is 0 Å². The molecule has 2 aromatic carbocycles. The molecule has 0 radical (unpaired) electrons. The molecular weight excluding hydrogens is 407 g/mol. The Balaban J connectivity index is 1.59. The Morgan fingerprint density at radius 3 is 2.58 bits per heavy atom. The highest BCUT2D eigenvalue weighted by Gasteiger charge is 2.30. The van der Waals surface area contributed by atoms with Gasteiger partial charge in [0, 0.05) is 30.4 Å². The number of piperidine rings is 1. The number of hydrogen-bond donors (Lipinski definition) is 1. The number of rotatable bonds is 4. The summed E-state index contributed by atoms with van der Waals surface area (Å²) in [6.45, 7) is 1.75. The number of anilines is 2. The molecule has 3 aromatic rings. The zero-order valence-corrected chi connectivity index (χ0v) is 16.9. The van der Waals surface area contributed by atoms with Crippen LogP contribution in [0.1, 0.15) is 28.8 Å². The van der Waals surface area contributed by atoms with E-state index in [1.807, 2.05) is 7.05 Å². The molecule has 1 saturated heterocycles. The van der Waals surface area contributed by atoms with Gasteiger partial charge in [0.25, 0.3) is 0 Å². The summed E-state index contributed by atoms with van der Waals surface area (Å²) < 4.78 is 44.8. The number of carbonyl (C=O) groups excluding carboxylic acids is 1. The maximum absolute atomic E-state index is 13.0. The third-order valence-corrected chi connectivity index (χ3v) is 5.43. The Labute approximate surface area is 177 Å². The van der Waals surface area contributed by atoms with Gasteiger partial charge in [0.15, 0.2) is 0 Å². The molecule has 5 nitrogen and oxygen atoms in total. The second-order valence-corrected chi connectivity index (χ2v) is 7.67. The van der Waals surface area contributed by atoms with Crippen LogP contribution in [0.25, 0.3) is 10.9 Å². The smallest absolute Gasteiger partial charge is 0.416 e. The predicted molar refractivity (Wildman–Crippen MR) is 112 cm³/mol. The van der Waals surface area contributed by atoms with Crippen molar-refractivity contribution >= 4 is 28.2 Å². The van der Waals surface area contributed by atoms with Crippen molar-refractivity contribution in [2.24, 2.45) is 0 Å². The number of halogens is 3. The molecule has 0 unspecified atom stereocenters. The number of aromatic nitrogens is 1. The topological polar surface area (TPSA) is 54.5 Å². The fraction of sp³-hybridized carbons (Fsp3) is 0.304. The molecule has 0 aliphatic carbocycles. The van der Waals surface area contributed by atoms with Crippen molar-refractivity contribution in [3.63, 3.8) is 0 Å². The fourth-order valence-electron chi connectivity index (χ4n) is 3.67. The van der Waals surface area contributed by atoms with Crippen molar-refractivity contribution in [1.82, 2.24) is 9.88 Å². The van der Waals surface area contributed by atoms with Crippen LogP contribution >= 0.6 is 0 Å². The van der Waals surface area contributed by atoms with E-state index < -0.39 is 17.7 Å². The molecule has 1 aliphatic rings. The van der Waals surface area contributed by atoms with Crippen molar-refractivity contribution in [2.45, 2.75) is 25.1 Å². The van der Waals surface area contributed by atoms with Crippen molar-refractivity contribution in [2.75, 3.05) is 25.5 Å². The van der Waals surface area contributed by atoms with E-state index in [2.05, 4.69) is 15.2 Å². The lowest BCUT2D eigenvalue weighted by Crippen LogP contribution is -2.35. The summed E-state index contributed by atoms with van der Waals surface area (Å²) in [7, 11) is 2.04. The molecule has 162 valence electrons. The van der Waals surface area contributed by atoms with Gasteiger partial charge in [-0.1, -0.05) is 18.2 Å². The molecule has 1 aliphatic heterocycles. The average Bonchev–Trinajstić information content (AvgIpc) is 2.75. The molecule has 8 heteroatoms. The van der Waals surface area contributed by atoms with Crippen molar-refractivity contribution in [3.8, 4) is 0 Å². The quantitative estimate of drug-likeness (QED) is 0.575. The Morgan fingerprint density at radius 2 is 1.84 bits per heavy atom. The van der Waals surface area contributed by atoms with Crippen molar-refractivity contribution in [3.05, 3.63) is 65.9 Å². The number of benzene rings is 2. The zero-order chi connectivity index (χ0) is 22.0. The fourth-order valence-corrected chi connectivity index (χ4v) is 3.67. The van der Waals surface area contributed by atoms with Crippen LogP contribution in [0.4, 0.5) is 24.5 Å². The first kappa shape index (κ1) is 21.1. The van der Waals surface area contributed by atoms with Crippen LogP contribution in [0, 0.1) is 0 Å². The summed E-state index contributed by atoms with van der Waals surface area (Å²) in [4.78, 5) is 19.1.